The minimum Gasteiger partial charge on any atom is -0.387 e. The summed E-state index contributed by atoms with van der Waals surface area (Å²) in [6, 6.07) is 0. The summed E-state index contributed by atoms with van der Waals surface area (Å²) in [6.07, 6.45) is 4.69. The molecule has 2 heterocycles. The molecule has 2 aliphatic rings. The van der Waals surface area contributed by atoms with E-state index >= 15 is 0 Å². The summed E-state index contributed by atoms with van der Waals surface area (Å²) in [7, 11) is 0. The van der Waals surface area contributed by atoms with Crippen LogP contribution in [0.2, 0.25) is 0 Å². The number of likely N-dealkylation sites (tertiary alicyclic amines) is 1. The summed E-state index contributed by atoms with van der Waals surface area (Å²) in [5.74, 6) is 0. The van der Waals surface area contributed by atoms with E-state index in [2.05, 4.69) is 24.8 Å². The fourth-order valence-electron chi connectivity index (χ4n) is 3.35. The van der Waals surface area contributed by atoms with Gasteiger partial charge in [0.05, 0.1) is 17.8 Å². The smallest absolute Gasteiger partial charge is 0.111 e. The summed E-state index contributed by atoms with van der Waals surface area (Å²) in [6.45, 7) is 9.45. The van der Waals surface area contributed by atoms with Crippen molar-refractivity contribution in [2.45, 2.75) is 63.8 Å². The van der Waals surface area contributed by atoms with Crippen molar-refractivity contribution < 1.29 is 14.9 Å². The van der Waals surface area contributed by atoms with Crippen LogP contribution >= 0.6 is 0 Å². The van der Waals surface area contributed by atoms with E-state index in [9.17, 15) is 10.2 Å². The molecule has 0 aromatic heterocycles. The van der Waals surface area contributed by atoms with Gasteiger partial charge in [-0.05, 0) is 40.0 Å². The van der Waals surface area contributed by atoms with Gasteiger partial charge in [-0.1, -0.05) is 11.6 Å². The molecule has 20 heavy (non-hydrogen) atoms. The molecule has 4 heteroatoms. The molecule has 0 radical (unpaired) electrons. The van der Waals surface area contributed by atoms with Crippen molar-refractivity contribution in [1.82, 2.24) is 4.90 Å². The van der Waals surface area contributed by atoms with E-state index in [1.807, 2.05) is 0 Å². The number of aliphatic hydroxyl groups excluding tert-OH is 1. The van der Waals surface area contributed by atoms with Crippen LogP contribution in [0.15, 0.2) is 11.6 Å². The molecule has 1 spiro atoms. The predicted octanol–water partition coefficient (Wildman–Crippen LogP) is 1.71. The summed E-state index contributed by atoms with van der Waals surface area (Å²) >= 11 is 0. The Morgan fingerprint density at radius 1 is 1.30 bits per heavy atom. The Labute approximate surface area is 122 Å². The molecule has 4 nitrogen and oxygen atoms in total. The van der Waals surface area contributed by atoms with Crippen LogP contribution in [0.5, 0.6) is 0 Å². The highest BCUT2D eigenvalue weighted by molar-refractivity contribution is 5.04. The number of hydrogen-bond acceptors (Lipinski definition) is 4. The van der Waals surface area contributed by atoms with Crippen LogP contribution in [-0.2, 0) is 4.74 Å². The normalized spacial score (nSPS) is 34.1. The fraction of sp³-hybridized carbons (Fsp3) is 0.875. The third-order valence-electron chi connectivity index (χ3n) is 4.79. The molecule has 2 N–H and O–H groups in total. The maximum atomic E-state index is 10.4. The van der Waals surface area contributed by atoms with Gasteiger partial charge >= 0.3 is 0 Å². The largest absolute Gasteiger partial charge is 0.387 e. The van der Waals surface area contributed by atoms with Crippen LogP contribution in [-0.4, -0.2) is 58.7 Å². The SMILES string of the molecule is CC(C)=CCCN1CCC2(CC1)OCC[C@@](C)(O)[C@@H]2O. The summed E-state index contributed by atoms with van der Waals surface area (Å²) in [5, 5.41) is 20.7. The maximum Gasteiger partial charge on any atom is 0.111 e. The Balaban J connectivity index is 1.88. The van der Waals surface area contributed by atoms with E-state index < -0.39 is 17.3 Å². The zero-order chi connectivity index (χ0) is 14.8. The lowest BCUT2D eigenvalue weighted by molar-refractivity contribution is -0.246. The van der Waals surface area contributed by atoms with Crippen molar-refractivity contribution in [3.8, 4) is 0 Å². The predicted molar refractivity (Wildman–Crippen MR) is 79.7 cm³/mol. The average Bonchev–Trinajstić information content (AvgIpc) is 2.38. The van der Waals surface area contributed by atoms with Gasteiger partial charge in [-0.3, -0.25) is 0 Å². The zero-order valence-electron chi connectivity index (χ0n) is 13.1. The van der Waals surface area contributed by atoms with E-state index in [1.165, 1.54) is 5.57 Å². The zero-order valence-corrected chi connectivity index (χ0v) is 13.1. The third kappa shape index (κ3) is 3.42. The van der Waals surface area contributed by atoms with Gasteiger partial charge in [0.15, 0.2) is 0 Å². The quantitative estimate of drug-likeness (QED) is 0.774. The first-order valence-corrected chi connectivity index (χ1v) is 7.76. The molecule has 0 unspecified atom stereocenters. The number of nitrogens with zero attached hydrogens (tertiary/aromatic N) is 1. The lowest BCUT2D eigenvalue weighted by Gasteiger charge is -2.51. The van der Waals surface area contributed by atoms with Crippen molar-refractivity contribution in [1.29, 1.82) is 0 Å². The lowest BCUT2D eigenvalue weighted by atomic mass is 9.75. The van der Waals surface area contributed by atoms with Crippen molar-refractivity contribution in [3.05, 3.63) is 11.6 Å². The molecular weight excluding hydrogens is 254 g/mol. The van der Waals surface area contributed by atoms with Gasteiger partial charge in [0.25, 0.3) is 0 Å². The number of piperidine rings is 1. The molecular formula is C16H29NO3. The molecule has 2 aliphatic heterocycles. The first-order chi connectivity index (χ1) is 9.36. The Kier molecular flexibility index (Phi) is 4.90. The van der Waals surface area contributed by atoms with Gasteiger partial charge in [-0.15, -0.1) is 0 Å². The lowest BCUT2D eigenvalue weighted by Crippen LogP contribution is -2.64. The van der Waals surface area contributed by atoms with Crippen LogP contribution in [0.1, 0.15) is 46.5 Å². The number of ether oxygens (including phenoxy) is 1. The minimum absolute atomic E-state index is 0.514. The van der Waals surface area contributed by atoms with Crippen molar-refractivity contribution in [2.24, 2.45) is 0 Å². The Bertz CT molecular complexity index is 353. The molecule has 2 saturated heterocycles. The number of rotatable bonds is 3. The average molecular weight is 283 g/mol. The van der Waals surface area contributed by atoms with E-state index in [-0.39, 0.29) is 0 Å². The van der Waals surface area contributed by atoms with Crippen molar-refractivity contribution >= 4 is 0 Å². The van der Waals surface area contributed by atoms with Gasteiger partial charge in [-0.2, -0.15) is 0 Å². The van der Waals surface area contributed by atoms with Crippen LogP contribution in [0, 0.1) is 0 Å². The Morgan fingerprint density at radius 3 is 2.55 bits per heavy atom. The van der Waals surface area contributed by atoms with Crippen LogP contribution in [0.4, 0.5) is 0 Å². The second kappa shape index (κ2) is 6.14. The molecule has 2 fully saturated rings. The molecule has 0 amide bonds. The highest BCUT2D eigenvalue weighted by Crippen LogP contribution is 2.39. The van der Waals surface area contributed by atoms with E-state index in [0.29, 0.717) is 13.0 Å². The van der Waals surface area contributed by atoms with Gasteiger partial charge in [-0.25, -0.2) is 0 Å². The molecule has 0 aliphatic carbocycles. The summed E-state index contributed by atoms with van der Waals surface area (Å²) < 4.78 is 5.90. The van der Waals surface area contributed by atoms with Crippen molar-refractivity contribution in [2.75, 3.05) is 26.2 Å². The first-order valence-electron chi connectivity index (χ1n) is 7.76. The van der Waals surface area contributed by atoms with E-state index in [0.717, 1.165) is 38.9 Å². The molecule has 2 atom stereocenters. The number of aliphatic hydroxyl groups is 2. The van der Waals surface area contributed by atoms with Gasteiger partial charge in [0, 0.05) is 26.1 Å². The maximum absolute atomic E-state index is 10.4. The molecule has 0 aromatic carbocycles. The topological polar surface area (TPSA) is 52.9 Å². The van der Waals surface area contributed by atoms with Crippen molar-refractivity contribution in [3.63, 3.8) is 0 Å². The Hall–Kier alpha value is -0.420. The number of allylic oxidation sites excluding steroid dienone is 1. The highest BCUT2D eigenvalue weighted by Gasteiger charge is 2.52. The second-order valence-corrected chi connectivity index (χ2v) is 6.83. The monoisotopic (exact) mass is 283 g/mol. The molecule has 0 aromatic rings. The summed E-state index contributed by atoms with van der Waals surface area (Å²) in [4.78, 5) is 2.42. The van der Waals surface area contributed by atoms with Crippen LogP contribution in [0.25, 0.3) is 0 Å². The van der Waals surface area contributed by atoms with Crippen LogP contribution < -0.4 is 0 Å². The van der Waals surface area contributed by atoms with Gasteiger partial charge in [0.2, 0.25) is 0 Å². The summed E-state index contributed by atoms with van der Waals surface area (Å²) in [5.41, 5.74) is -0.183. The van der Waals surface area contributed by atoms with Gasteiger partial charge in [0.1, 0.15) is 6.10 Å². The van der Waals surface area contributed by atoms with E-state index in [4.69, 9.17) is 4.74 Å². The molecule has 116 valence electrons. The third-order valence-corrected chi connectivity index (χ3v) is 4.79. The molecule has 2 rings (SSSR count). The fourth-order valence-corrected chi connectivity index (χ4v) is 3.35. The second-order valence-electron chi connectivity index (χ2n) is 6.83. The standard InChI is InChI=1S/C16H29NO3/c1-13(2)5-4-9-17-10-6-16(7-11-17)14(18)15(3,19)8-12-20-16/h5,14,18-19H,4,6-12H2,1-3H3/t14-,15+/m0/s1. The highest BCUT2D eigenvalue weighted by atomic mass is 16.5. The Morgan fingerprint density at radius 2 is 1.95 bits per heavy atom. The van der Waals surface area contributed by atoms with E-state index in [1.54, 1.807) is 6.92 Å². The van der Waals surface area contributed by atoms with Crippen LogP contribution in [0.3, 0.4) is 0 Å². The molecule has 0 saturated carbocycles. The first kappa shape index (κ1) is 16.0. The molecule has 0 bridgehead atoms. The number of hydrogen-bond donors (Lipinski definition) is 2. The van der Waals surface area contributed by atoms with Gasteiger partial charge < -0.3 is 19.8 Å². The minimum atomic E-state index is -1.01.